The van der Waals surface area contributed by atoms with Gasteiger partial charge in [0, 0.05) is 23.9 Å². The lowest BCUT2D eigenvalue weighted by Crippen LogP contribution is -1.92. The van der Waals surface area contributed by atoms with Crippen LogP contribution < -0.4 is 0 Å². The van der Waals surface area contributed by atoms with Crippen LogP contribution in [0.1, 0.15) is 17.0 Å². The average molecular weight is 277 g/mol. The van der Waals surface area contributed by atoms with Crippen LogP contribution in [0.2, 0.25) is 5.15 Å². The van der Waals surface area contributed by atoms with Crippen LogP contribution in [-0.4, -0.2) is 19.7 Å². The average Bonchev–Trinajstić information content (AvgIpc) is 2.83. The standard InChI is InChI=1S/C13H13ClN4O/c1-6-8(3)19-17-11(6)9-7(2)18(4)13-10(9)12(14)15-5-16-13/h5H,1-4H3. The van der Waals surface area contributed by atoms with Crippen molar-refractivity contribution < 1.29 is 4.52 Å². The summed E-state index contributed by atoms with van der Waals surface area (Å²) in [6, 6.07) is 0. The number of hydrogen-bond donors (Lipinski definition) is 0. The van der Waals surface area contributed by atoms with E-state index in [-0.39, 0.29) is 0 Å². The van der Waals surface area contributed by atoms with Crippen molar-refractivity contribution in [3.8, 4) is 11.3 Å². The van der Waals surface area contributed by atoms with Crippen molar-refractivity contribution in [1.82, 2.24) is 19.7 Å². The van der Waals surface area contributed by atoms with Crippen molar-refractivity contribution >= 4 is 22.6 Å². The number of halogens is 1. The Kier molecular flexibility index (Phi) is 2.60. The lowest BCUT2D eigenvalue weighted by molar-refractivity contribution is 0.398. The van der Waals surface area contributed by atoms with Crippen molar-refractivity contribution in [3.63, 3.8) is 0 Å². The molecule has 3 aromatic heterocycles. The number of rotatable bonds is 1. The minimum absolute atomic E-state index is 0.434. The lowest BCUT2D eigenvalue weighted by Gasteiger charge is -1.99. The molecule has 98 valence electrons. The molecule has 6 heteroatoms. The first-order valence-corrected chi connectivity index (χ1v) is 6.29. The van der Waals surface area contributed by atoms with E-state index in [1.54, 1.807) is 0 Å². The maximum Gasteiger partial charge on any atom is 0.145 e. The number of fused-ring (bicyclic) bond motifs is 1. The summed E-state index contributed by atoms with van der Waals surface area (Å²) < 4.78 is 7.25. The Bertz CT molecular complexity index is 788. The van der Waals surface area contributed by atoms with Gasteiger partial charge in [-0.1, -0.05) is 16.8 Å². The first kappa shape index (κ1) is 12.2. The molecule has 0 saturated carbocycles. The smallest absolute Gasteiger partial charge is 0.145 e. The number of aryl methyl sites for hydroxylation is 2. The SMILES string of the molecule is Cc1onc(-c2c(C)n(C)c3ncnc(Cl)c23)c1C. The fourth-order valence-corrected chi connectivity index (χ4v) is 2.50. The molecule has 0 N–H and O–H groups in total. The minimum Gasteiger partial charge on any atom is -0.361 e. The molecule has 3 rings (SSSR count). The molecule has 0 amide bonds. The number of hydrogen-bond acceptors (Lipinski definition) is 4. The molecule has 0 bridgehead atoms. The van der Waals surface area contributed by atoms with Crippen LogP contribution in [0.5, 0.6) is 0 Å². The number of aromatic nitrogens is 4. The second-order valence-electron chi connectivity index (χ2n) is 4.59. The van der Waals surface area contributed by atoms with Gasteiger partial charge in [-0.15, -0.1) is 0 Å². The van der Waals surface area contributed by atoms with Gasteiger partial charge in [-0.25, -0.2) is 9.97 Å². The minimum atomic E-state index is 0.434. The summed E-state index contributed by atoms with van der Waals surface area (Å²) in [5.74, 6) is 0.805. The van der Waals surface area contributed by atoms with Crippen molar-refractivity contribution in [2.75, 3.05) is 0 Å². The molecule has 0 aliphatic heterocycles. The summed E-state index contributed by atoms with van der Waals surface area (Å²) in [7, 11) is 1.95. The predicted octanol–water partition coefficient (Wildman–Crippen LogP) is 3.20. The number of nitrogens with zero attached hydrogens (tertiary/aromatic N) is 4. The van der Waals surface area contributed by atoms with Crippen LogP contribution in [0.15, 0.2) is 10.9 Å². The summed E-state index contributed by atoms with van der Waals surface area (Å²) >= 11 is 6.23. The molecule has 0 atom stereocenters. The molecule has 0 unspecified atom stereocenters. The highest BCUT2D eigenvalue weighted by Gasteiger charge is 2.22. The van der Waals surface area contributed by atoms with Crippen LogP contribution in [0, 0.1) is 20.8 Å². The molecule has 19 heavy (non-hydrogen) atoms. The van der Waals surface area contributed by atoms with Crippen molar-refractivity contribution in [3.05, 3.63) is 28.5 Å². The van der Waals surface area contributed by atoms with E-state index >= 15 is 0 Å². The van der Waals surface area contributed by atoms with Crippen LogP contribution >= 0.6 is 11.6 Å². The fourth-order valence-electron chi connectivity index (χ4n) is 2.27. The maximum absolute atomic E-state index is 6.23. The molecule has 0 spiro atoms. The molecule has 0 aromatic carbocycles. The van der Waals surface area contributed by atoms with E-state index < -0.39 is 0 Å². The zero-order chi connectivity index (χ0) is 13.7. The van der Waals surface area contributed by atoms with Gasteiger partial charge in [0.2, 0.25) is 0 Å². The highest BCUT2D eigenvalue weighted by atomic mass is 35.5. The second-order valence-corrected chi connectivity index (χ2v) is 4.95. The highest BCUT2D eigenvalue weighted by Crippen LogP contribution is 2.37. The first-order chi connectivity index (χ1) is 9.02. The van der Waals surface area contributed by atoms with Crippen LogP contribution in [0.3, 0.4) is 0 Å². The van der Waals surface area contributed by atoms with E-state index in [1.807, 2.05) is 32.4 Å². The topological polar surface area (TPSA) is 56.7 Å². The Morgan fingerprint density at radius 1 is 1.21 bits per heavy atom. The van der Waals surface area contributed by atoms with E-state index in [0.29, 0.717) is 5.15 Å². The molecule has 0 radical (unpaired) electrons. The summed E-state index contributed by atoms with van der Waals surface area (Å²) in [5, 5.41) is 5.40. The third-order valence-electron chi connectivity index (χ3n) is 3.61. The molecule has 0 fully saturated rings. The lowest BCUT2D eigenvalue weighted by atomic mass is 10.1. The van der Waals surface area contributed by atoms with Gasteiger partial charge in [0.05, 0.1) is 5.39 Å². The maximum atomic E-state index is 6.23. The van der Waals surface area contributed by atoms with Crippen molar-refractivity contribution in [2.24, 2.45) is 7.05 Å². The summed E-state index contributed by atoms with van der Waals surface area (Å²) in [5.41, 5.74) is 4.59. The Morgan fingerprint density at radius 3 is 2.58 bits per heavy atom. The van der Waals surface area contributed by atoms with Crippen LogP contribution in [0.4, 0.5) is 0 Å². The Labute approximate surface area is 115 Å². The predicted molar refractivity (Wildman–Crippen MR) is 73.2 cm³/mol. The zero-order valence-corrected chi connectivity index (χ0v) is 11.9. The summed E-state index contributed by atoms with van der Waals surface area (Å²) in [4.78, 5) is 8.36. The monoisotopic (exact) mass is 276 g/mol. The molecule has 5 nitrogen and oxygen atoms in total. The Morgan fingerprint density at radius 2 is 1.95 bits per heavy atom. The Balaban J connectivity index is 2.48. The molecule has 0 aliphatic rings. The third-order valence-corrected chi connectivity index (χ3v) is 3.89. The van der Waals surface area contributed by atoms with Gasteiger partial charge in [-0.2, -0.15) is 0 Å². The largest absolute Gasteiger partial charge is 0.361 e. The normalized spacial score (nSPS) is 11.4. The van der Waals surface area contributed by atoms with E-state index in [4.69, 9.17) is 16.1 Å². The second kappa shape index (κ2) is 4.06. The molecule has 0 saturated heterocycles. The molecule has 0 aliphatic carbocycles. The van der Waals surface area contributed by atoms with Crippen molar-refractivity contribution in [1.29, 1.82) is 0 Å². The van der Waals surface area contributed by atoms with Gasteiger partial charge < -0.3 is 9.09 Å². The first-order valence-electron chi connectivity index (χ1n) is 5.91. The van der Waals surface area contributed by atoms with Gasteiger partial charge in [-0.05, 0) is 20.8 Å². The van der Waals surface area contributed by atoms with Gasteiger partial charge in [0.25, 0.3) is 0 Å². The van der Waals surface area contributed by atoms with Crippen LogP contribution in [0.25, 0.3) is 22.3 Å². The van der Waals surface area contributed by atoms with Gasteiger partial charge in [0.15, 0.2) is 0 Å². The quantitative estimate of drug-likeness (QED) is 0.641. The highest BCUT2D eigenvalue weighted by molar-refractivity contribution is 6.35. The van der Waals surface area contributed by atoms with Gasteiger partial charge in [-0.3, -0.25) is 0 Å². The molecule has 3 heterocycles. The Hall–Kier alpha value is -1.88. The summed E-state index contributed by atoms with van der Waals surface area (Å²) in [6.45, 7) is 5.89. The molecule has 3 aromatic rings. The molecular formula is C13H13ClN4O. The third kappa shape index (κ3) is 1.58. The van der Waals surface area contributed by atoms with E-state index in [0.717, 1.165) is 39.3 Å². The zero-order valence-electron chi connectivity index (χ0n) is 11.2. The van der Waals surface area contributed by atoms with Gasteiger partial charge in [0.1, 0.15) is 28.6 Å². The van der Waals surface area contributed by atoms with Crippen LogP contribution in [-0.2, 0) is 7.05 Å². The van der Waals surface area contributed by atoms with E-state index in [9.17, 15) is 0 Å². The summed E-state index contributed by atoms with van der Waals surface area (Å²) in [6.07, 6.45) is 1.47. The molecular weight excluding hydrogens is 264 g/mol. The van der Waals surface area contributed by atoms with E-state index in [1.165, 1.54) is 6.33 Å². The fraction of sp³-hybridized carbons (Fsp3) is 0.308. The van der Waals surface area contributed by atoms with E-state index in [2.05, 4.69) is 15.1 Å². The van der Waals surface area contributed by atoms with Crippen molar-refractivity contribution in [2.45, 2.75) is 20.8 Å². The van der Waals surface area contributed by atoms with Gasteiger partial charge >= 0.3 is 0 Å².